The summed E-state index contributed by atoms with van der Waals surface area (Å²) in [5.41, 5.74) is 0.330. The predicted octanol–water partition coefficient (Wildman–Crippen LogP) is 2.96. The van der Waals surface area contributed by atoms with Crippen LogP contribution in [0, 0.1) is 0 Å². The van der Waals surface area contributed by atoms with Crippen LogP contribution < -0.4 is 5.32 Å². The summed E-state index contributed by atoms with van der Waals surface area (Å²) in [6.45, 7) is 5.32. The van der Waals surface area contributed by atoms with Crippen LogP contribution in [0.3, 0.4) is 0 Å². The van der Waals surface area contributed by atoms with E-state index in [0.717, 1.165) is 5.39 Å². The Morgan fingerprint density at radius 3 is 2.59 bits per heavy atom. The van der Waals surface area contributed by atoms with E-state index in [0.29, 0.717) is 5.52 Å². The molecule has 2 atom stereocenters. The fourth-order valence-corrected chi connectivity index (χ4v) is 2.78. The first-order valence-corrected chi connectivity index (χ1v) is 10.2. The number of nitrogens with zero attached hydrogens (tertiary/aromatic N) is 1. The van der Waals surface area contributed by atoms with Gasteiger partial charge in [0.25, 0.3) is 5.91 Å². The number of amides is 1. The van der Waals surface area contributed by atoms with Gasteiger partial charge >= 0.3 is 5.97 Å². The highest BCUT2D eigenvalue weighted by Gasteiger charge is 2.21. The number of carbonyl (C=O) groups is 2. The van der Waals surface area contributed by atoms with E-state index in [1.54, 1.807) is 32.9 Å². The number of pyridine rings is 1. The second kappa shape index (κ2) is 8.90. The molecule has 144 valence electrons. The number of esters is 1. The van der Waals surface area contributed by atoms with Crippen molar-refractivity contribution in [1.29, 1.82) is 0 Å². The Labute approximate surface area is 161 Å². The zero-order valence-electron chi connectivity index (χ0n) is 15.9. The first-order chi connectivity index (χ1) is 12.6. The molecule has 1 heterocycles. The minimum Gasteiger partial charge on any atom is -0.460 e. The molecule has 27 heavy (non-hydrogen) atoms. The van der Waals surface area contributed by atoms with Gasteiger partial charge in [-0.2, -0.15) is 0 Å². The van der Waals surface area contributed by atoms with Crippen molar-refractivity contribution >= 4 is 33.6 Å². The molecule has 1 aromatic carbocycles. The number of benzene rings is 1. The van der Waals surface area contributed by atoms with E-state index in [4.69, 9.17) is 4.74 Å². The number of hydrogen-bond acceptors (Lipinski definition) is 5. The number of aromatic nitrogens is 1. The molecule has 0 saturated carbocycles. The number of ether oxygens (including phenoxy) is 1. The molecule has 0 aliphatic rings. The Balaban J connectivity index is 2.15. The number of nitrogens with one attached hydrogen (secondary N) is 1. The van der Waals surface area contributed by atoms with Gasteiger partial charge in [-0.3, -0.25) is 13.8 Å². The van der Waals surface area contributed by atoms with Crippen molar-refractivity contribution in [2.24, 2.45) is 0 Å². The van der Waals surface area contributed by atoms with E-state index >= 15 is 0 Å². The molecule has 0 bridgehead atoms. The molecule has 1 amide bonds. The Bertz CT molecular complexity index is 887. The van der Waals surface area contributed by atoms with Crippen LogP contribution in [0.25, 0.3) is 10.9 Å². The Hall–Kier alpha value is -2.54. The number of rotatable bonds is 6. The fourth-order valence-electron chi connectivity index (χ4n) is 2.37. The third-order valence-corrected chi connectivity index (χ3v) is 4.00. The summed E-state index contributed by atoms with van der Waals surface area (Å²) in [4.78, 5) is 29.0. The first-order valence-electron chi connectivity index (χ1n) is 8.53. The standard InChI is InChI=1S/C20H24N2O4S/c1-20(2,3)26-18(23)13-15(11-12-27(4)25)21-19(24)17-10-9-14-7-5-6-8-16(14)22-17/h5-12,15H,13H2,1-4H3,(H,21,24)/b12-11+. The molecular formula is C20H24N2O4S. The van der Waals surface area contributed by atoms with Crippen molar-refractivity contribution in [2.75, 3.05) is 6.26 Å². The lowest BCUT2D eigenvalue weighted by atomic mass is 10.1. The summed E-state index contributed by atoms with van der Waals surface area (Å²) >= 11 is 0. The van der Waals surface area contributed by atoms with Crippen molar-refractivity contribution in [3.63, 3.8) is 0 Å². The molecule has 2 aromatic rings. The van der Waals surface area contributed by atoms with Crippen molar-refractivity contribution in [3.05, 3.63) is 53.6 Å². The van der Waals surface area contributed by atoms with Gasteiger partial charge in [0.15, 0.2) is 0 Å². The molecule has 0 aliphatic heterocycles. The quantitative estimate of drug-likeness (QED) is 0.769. The monoisotopic (exact) mass is 388 g/mol. The molecule has 1 aromatic heterocycles. The zero-order valence-corrected chi connectivity index (χ0v) is 16.7. The molecule has 6 nitrogen and oxygen atoms in total. The topological polar surface area (TPSA) is 85.4 Å². The van der Waals surface area contributed by atoms with Gasteiger partial charge in [0.05, 0.1) is 18.0 Å². The second-order valence-electron chi connectivity index (χ2n) is 7.09. The fraction of sp³-hybridized carbons (Fsp3) is 0.350. The smallest absolute Gasteiger partial charge is 0.308 e. The molecule has 7 heteroatoms. The van der Waals surface area contributed by atoms with Gasteiger partial charge in [0.1, 0.15) is 11.3 Å². The number of hydrogen-bond donors (Lipinski definition) is 1. The van der Waals surface area contributed by atoms with E-state index in [1.807, 2.05) is 30.3 Å². The third kappa shape index (κ3) is 6.94. The SMILES string of the molecule is CS(=O)/C=C/C(CC(=O)OC(C)(C)C)NC(=O)c1ccc2ccccc2n1. The number of fused-ring (bicyclic) bond motifs is 1. The van der Waals surface area contributed by atoms with Crippen LogP contribution in [0.1, 0.15) is 37.7 Å². The summed E-state index contributed by atoms with van der Waals surface area (Å²) in [5.74, 6) is -0.869. The van der Waals surface area contributed by atoms with Crippen LogP contribution in [0.2, 0.25) is 0 Å². The van der Waals surface area contributed by atoms with Gasteiger partial charge in [-0.05, 0) is 32.9 Å². The predicted molar refractivity (Wildman–Crippen MR) is 107 cm³/mol. The highest BCUT2D eigenvalue weighted by atomic mass is 32.2. The van der Waals surface area contributed by atoms with E-state index in [2.05, 4.69) is 10.3 Å². The van der Waals surface area contributed by atoms with Crippen LogP contribution >= 0.6 is 0 Å². The zero-order chi connectivity index (χ0) is 20.0. The molecule has 0 saturated heterocycles. The van der Waals surface area contributed by atoms with Gasteiger partial charge in [-0.15, -0.1) is 0 Å². The maximum atomic E-state index is 12.6. The molecular weight excluding hydrogens is 364 g/mol. The Morgan fingerprint density at radius 2 is 1.93 bits per heavy atom. The maximum absolute atomic E-state index is 12.6. The van der Waals surface area contributed by atoms with Gasteiger partial charge in [0.2, 0.25) is 0 Å². The highest BCUT2D eigenvalue weighted by Crippen LogP contribution is 2.13. The van der Waals surface area contributed by atoms with E-state index < -0.39 is 34.3 Å². The van der Waals surface area contributed by atoms with Crippen molar-refractivity contribution < 1.29 is 18.5 Å². The van der Waals surface area contributed by atoms with Crippen molar-refractivity contribution in [1.82, 2.24) is 10.3 Å². The normalized spacial score (nSPS) is 14.1. The lowest BCUT2D eigenvalue weighted by molar-refractivity contribution is -0.155. The van der Waals surface area contributed by atoms with Crippen LogP contribution in [0.15, 0.2) is 47.9 Å². The van der Waals surface area contributed by atoms with Crippen molar-refractivity contribution in [2.45, 2.75) is 38.8 Å². The molecule has 2 unspecified atom stereocenters. The summed E-state index contributed by atoms with van der Waals surface area (Å²) in [7, 11) is -1.20. The van der Waals surface area contributed by atoms with E-state index in [-0.39, 0.29) is 12.1 Å². The Kier molecular flexibility index (Phi) is 6.85. The van der Waals surface area contributed by atoms with E-state index in [9.17, 15) is 13.8 Å². The first kappa shape index (κ1) is 20.8. The number of carbonyl (C=O) groups excluding carboxylic acids is 2. The molecule has 2 rings (SSSR count). The minimum atomic E-state index is -1.20. The second-order valence-corrected chi connectivity index (χ2v) is 8.36. The van der Waals surface area contributed by atoms with E-state index in [1.165, 1.54) is 11.7 Å². The van der Waals surface area contributed by atoms with Gasteiger partial charge in [0, 0.05) is 27.8 Å². The summed E-state index contributed by atoms with van der Waals surface area (Å²) in [6, 6.07) is 10.3. The summed E-state index contributed by atoms with van der Waals surface area (Å²) in [5, 5.41) is 5.11. The largest absolute Gasteiger partial charge is 0.460 e. The van der Waals surface area contributed by atoms with Gasteiger partial charge in [-0.1, -0.05) is 30.3 Å². The summed E-state index contributed by atoms with van der Waals surface area (Å²) < 4.78 is 16.7. The highest BCUT2D eigenvalue weighted by molar-refractivity contribution is 7.87. The van der Waals surface area contributed by atoms with Gasteiger partial charge in [-0.25, -0.2) is 4.98 Å². The van der Waals surface area contributed by atoms with Crippen LogP contribution in [0.5, 0.6) is 0 Å². The molecule has 0 fully saturated rings. The lowest BCUT2D eigenvalue weighted by Crippen LogP contribution is -2.37. The Morgan fingerprint density at radius 1 is 1.22 bits per heavy atom. The van der Waals surface area contributed by atoms with Crippen LogP contribution in [0.4, 0.5) is 0 Å². The van der Waals surface area contributed by atoms with Gasteiger partial charge < -0.3 is 10.1 Å². The molecule has 0 aliphatic carbocycles. The van der Waals surface area contributed by atoms with Crippen LogP contribution in [-0.2, 0) is 20.3 Å². The summed E-state index contributed by atoms with van der Waals surface area (Å²) in [6.07, 6.45) is 2.98. The number of para-hydroxylation sites is 1. The third-order valence-electron chi connectivity index (χ3n) is 3.46. The average Bonchev–Trinajstić information content (AvgIpc) is 2.57. The maximum Gasteiger partial charge on any atom is 0.308 e. The molecule has 0 spiro atoms. The molecule has 1 N–H and O–H groups in total. The average molecular weight is 388 g/mol. The minimum absolute atomic E-state index is 0.0652. The van der Waals surface area contributed by atoms with Crippen molar-refractivity contribution in [3.8, 4) is 0 Å². The molecule has 0 radical (unpaired) electrons. The van der Waals surface area contributed by atoms with Crippen LogP contribution in [-0.4, -0.2) is 39.0 Å². The lowest BCUT2D eigenvalue weighted by Gasteiger charge is -2.21.